The molecule has 1 saturated heterocycles. The van der Waals surface area contributed by atoms with Crippen molar-refractivity contribution in [3.8, 4) is 0 Å². The molecule has 1 aliphatic heterocycles. The molecule has 4 unspecified atom stereocenters. The Kier molecular flexibility index (Phi) is 3.93. The zero-order chi connectivity index (χ0) is 14.2. The van der Waals surface area contributed by atoms with Crippen LogP contribution in [0.1, 0.15) is 52.4 Å². The van der Waals surface area contributed by atoms with Gasteiger partial charge in [0.05, 0.1) is 6.10 Å². The van der Waals surface area contributed by atoms with E-state index < -0.39 is 0 Å². The first kappa shape index (κ1) is 14.2. The minimum atomic E-state index is 0.397. The van der Waals surface area contributed by atoms with E-state index in [1.54, 1.807) is 0 Å². The average Bonchev–Trinajstić information content (AvgIpc) is 3.10. The van der Waals surface area contributed by atoms with Crippen LogP contribution in [0.25, 0.3) is 0 Å². The van der Waals surface area contributed by atoms with E-state index in [0.717, 1.165) is 19.0 Å². The Balaban J connectivity index is 1.69. The standard InChI is InChI=1S/C16H29N3O/c1-4-11(2)18-15(17-3)19-13-12-7-10-20-14(12)16(13)8-5-6-9-16/h11-14H,4-10H2,1-3H3,(H2,17,18,19). The van der Waals surface area contributed by atoms with Crippen LogP contribution in [-0.2, 0) is 4.74 Å². The molecule has 2 N–H and O–H groups in total. The number of rotatable bonds is 3. The Labute approximate surface area is 122 Å². The van der Waals surface area contributed by atoms with Crippen LogP contribution in [0.5, 0.6) is 0 Å². The first-order valence-corrected chi connectivity index (χ1v) is 8.32. The van der Waals surface area contributed by atoms with Crippen molar-refractivity contribution in [2.75, 3.05) is 13.7 Å². The third-order valence-electron chi connectivity index (χ3n) is 5.80. The fourth-order valence-electron chi connectivity index (χ4n) is 4.56. The number of guanidine groups is 1. The van der Waals surface area contributed by atoms with Gasteiger partial charge < -0.3 is 15.4 Å². The quantitative estimate of drug-likeness (QED) is 0.615. The lowest BCUT2D eigenvalue weighted by molar-refractivity contribution is -0.125. The smallest absolute Gasteiger partial charge is 0.191 e. The molecule has 0 amide bonds. The predicted octanol–water partition coefficient (Wildman–Crippen LogP) is 2.30. The van der Waals surface area contributed by atoms with Crippen LogP contribution in [0.4, 0.5) is 0 Å². The monoisotopic (exact) mass is 279 g/mol. The summed E-state index contributed by atoms with van der Waals surface area (Å²) in [6.45, 7) is 5.36. The summed E-state index contributed by atoms with van der Waals surface area (Å²) in [6.07, 6.45) is 8.22. The second-order valence-electron chi connectivity index (χ2n) is 6.83. The lowest BCUT2D eigenvalue weighted by Crippen LogP contribution is -2.69. The number of ether oxygens (including phenoxy) is 1. The molecule has 0 aromatic heterocycles. The Morgan fingerprint density at radius 1 is 1.40 bits per heavy atom. The van der Waals surface area contributed by atoms with Crippen LogP contribution in [0.3, 0.4) is 0 Å². The van der Waals surface area contributed by atoms with Gasteiger partial charge in [-0.2, -0.15) is 0 Å². The van der Waals surface area contributed by atoms with Gasteiger partial charge in [-0.1, -0.05) is 19.8 Å². The van der Waals surface area contributed by atoms with Crippen LogP contribution in [0.2, 0.25) is 0 Å². The highest BCUT2D eigenvalue weighted by Gasteiger charge is 2.65. The van der Waals surface area contributed by atoms with E-state index in [1.807, 2.05) is 7.05 Å². The minimum Gasteiger partial charge on any atom is -0.377 e. The van der Waals surface area contributed by atoms with E-state index in [4.69, 9.17) is 4.74 Å². The molecule has 1 spiro atoms. The van der Waals surface area contributed by atoms with Crippen LogP contribution >= 0.6 is 0 Å². The lowest BCUT2D eigenvalue weighted by atomic mass is 9.54. The lowest BCUT2D eigenvalue weighted by Gasteiger charge is -2.57. The molecule has 3 rings (SSSR count). The molecule has 0 aromatic carbocycles. The second-order valence-corrected chi connectivity index (χ2v) is 6.83. The summed E-state index contributed by atoms with van der Waals surface area (Å²) in [7, 11) is 1.88. The summed E-state index contributed by atoms with van der Waals surface area (Å²) in [4.78, 5) is 4.42. The van der Waals surface area contributed by atoms with Crippen molar-refractivity contribution < 1.29 is 4.74 Å². The first-order valence-electron chi connectivity index (χ1n) is 8.32. The first-order chi connectivity index (χ1) is 9.71. The highest BCUT2D eigenvalue weighted by atomic mass is 16.5. The normalized spacial score (nSPS) is 36.5. The van der Waals surface area contributed by atoms with Gasteiger partial charge in [0.25, 0.3) is 0 Å². The van der Waals surface area contributed by atoms with E-state index in [1.165, 1.54) is 32.1 Å². The molecule has 114 valence electrons. The fourth-order valence-corrected chi connectivity index (χ4v) is 4.56. The van der Waals surface area contributed by atoms with Crippen LogP contribution in [0, 0.1) is 11.3 Å². The van der Waals surface area contributed by atoms with Gasteiger partial charge in [0, 0.05) is 37.1 Å². The molecule has 3 aliphatic rings. The molecule has 4 nitrogen and oxygen atoms in total. The zero-order valence-corrected chi connectivity index (χ0v) is 13.1. The highest BCUT2D eigenvalue weighted by Crippen LogP contribution is 2.60. The Bertz CT molecular complexity index is 376. The average molecular weight is 279 g/mol. The number of nitrogens with zero attached hydrogens (tertiary/aromatic N) is 1. The number of hydrogen-bond acceptors (Lipinski definition) is 2. The van der Waals surface area contributed by atoms with Crippen molar-refractivity contribution in [3.63, 3.8) is 0 Å². The van der Waals surface area contributed by atoms with E-state index >= 15 is 0 Å². The molecule has 0 bridgehead atoms. The summed E-state index contributed by atoms with van der Waals surface area (Å²) in [5.41, 5.74) is 0.397. The van der Waals surface area contributed by atoms with E-state index in [9.17, 15) is 0 Å². The van der Waals surface area contributed by atoms with Crippen molar-refractivity contribution in [1.82, 2.24) is 10.6 Å². The van der Waals surface area contributed by atoms with Crippen molar-refractivity contribution in [1.29, 1.82) is 0 Å². The summed E-state index contributed by atoms with van der Waals surface area (Å²) in [6, 6.07) is 1.03. The zero-order valence-electron chi connectivity index (χ0n) is 13.1. The SMILES string of the molecule is CCC(C)NC(=NC)NC1C2CCOC2C12CCCC2. The summed E-state index contributed by atoms with van der Waals surface area (Å²) < 4.78 is 6.04. The number of nitrogens with one attached hydrogen (secondary N) is 2. The maximum Gasteiger partial charge on any atom is 0.191 e. The van der Waals surface area contributed by atoms with E-state index in [-0.39, 0.29) is 0 Å². The minimum absolute atomic E-state index is 0.397. The van der Waals surface area contributed by atoms with E-state index in [0.29, 0.717) is 29.5 Å². The molecule has 4 atom stereocenters. The van der Waals surface area contributed by atoms with Gasteiger partial charge >= 0.3 is 0 Å². The molecular weight excluding hydrogens is 250 g/mol. The second kappa shape index (κ2) is 5.55. The van der Waals surface area contributed by atoms with Crippen LogP contribution in [0.15, 0.2) is 4.99 Å². The molecule has 2 saturated carbocycles. The Hall–Kier alpha value is -0.770. The highest BCUT2D eigenvalue weighted by molar-refractivity contribution is 5.80. The Morgan fingerprint density at radius 2 is 2.15 bits per heavy atom. The van der Waals surface area contributed by atoms with Gasteiger partial charge in [0.1, 0.15) is 0 Å². The molecule has 0 radical (unpaired) electrons. The van der Waals surface area contributed by atoms with Crippen molar-refractivity contribution in [2.24, 2.45) is 16.3 Å². The van der Waals surface area contributed by atoms with Gasteiger partial charge in [0.15, 0.2) is 5.96 Å². The largest absolute Gasteiger partial charge is 0.377 e. The molecule has 0 aromatic rings. The van der Waals surface area contributed by atoms with Gasteiger partial charge in [-0.05, 0) is 32.6 Å². The molecule has 4 heteroatoms. The number of hydrogen-bond donors (Lipinski definition) is 2. The molecule has 20 heavy (non-hydrogen) atoms. The summed E-state index contributed by atoms with van der Waals surface area (Å²) in [5.74, 6) is 1.67. The van der Waals surface area contributed by atoms with E-state index in [2.05, 4.69) is 29.5 Å². The topological polar surface area (TPSA) is 45.7 Å². The van der Waals surface area contributed by atoms with Crippen molar-refractivity contribution in [2.45, 2.75) is 70.6 Å². The van der Waals surface area contributed by atoms with Gasteiger partial charge in [-0.15, -0.1) is 0 Å². The van der Waals surface area contributed by atoms with Gasteiger partial charge in [-0.3, -0.25) is 4.99 Å². The molecule has 2 aliphatic carbocycles. The number of fused-ring (bicyclic) bond motifs is 2. The molecular formula is C16H29N3O. The van der Waals surface area contributed by atoms with Crippen molar-refractivity contribution >= 4 is 5.96 Å². The van der Waals surface area contributed by atoms with Gasteiger partial charge in [-0.25, -0.2) is 0 Å². The fraction of sp³-hybridized carbons (Fsp3) is 0.938. The predicted molar refractivity (Wildman–Crippen MR) is 81.9 cm³/mol. The maximum absolute atomic E-state index is 6.04. The third-order valence-corrected chi connectivity index (χ3v) is 5.80. The summed E-state index contributed by atoms with van der Waals surface area (Å²) >= 11 is 0. The van der Waals surface area contributed by atoms with Gasteiger partial charge in [0.2, 0.25) is 0 Å². The van der Waals surface area contributed by atoms with Crippen LogP contribution < -0.4 is 10.6 Å². The maximum atomic E-state index is 6.04. The molecule has 1 heterocycles. The summed E-state index contributed by atoms with van der Waals surface area (Å²) in [5, 5.41) is 7.23. The van der Waals surface area contributed by atoms with Crippen molar-refractivity contribution in [3.05, 3.63) is 0 Å². The third kappa shape index (κ3) is 2.12. The van der Waals surface area contributed by atoms with Crippen LogP contribution in [-0.4, -0.2) is 37.8 Å². The Morgan fingerprint density at radius 3 is 2.80 bits per heavy atom. The molecule has 3 fully saturated rings. The number of aliphatic imine (C=N–C) groups is 1.